The van der Waals surface area contributed by atoms with Crippen LogP contribution in [-0.4, -0.2) is 46.9 Å². The van der Waals surface area contributed by atoms with E-state index in [4.69, 9.17) is 4.74 Å². The van der Waals surface area contributed by atoms with Gasteiger partial charge in [0.15, 0.2) is 0 Å². The van der Waals surface area contributed by atoms with Gasteiger partial charge in [0.2, 0.25) is 5.91 Å². The molecule has 1 aliphatic heterocycles. The number of benzene rings is 1. The molecule has 8 heteroatoms. The summed E-state index contributed by atoms with van der Waals surface area (Å²) in [7, 11) is 1.35. The zero-order valence-electron chi connectivity index (χ0n) is 15.9. The first-order valence-corrected chi connectivity index (χ1v) is 9.14. The van der Waals surface area contributed by atoms with Crippen molar-refractivity contribution in [3.05, 3.63) is 67.5 Å². The van der Waals surface area contributed by atoms with Crippen LogP contribution in [0.15, 0.2) is 33.9 Å². The Morgan fingerprint density at radius 2 is 2.04 bits per heavy atom. The molecule has 1 atom stereocenters. The Bertz CT molecular complexity index is 1010. The predicted octanol–water partition coefficient (Wildman–Crippen LogP) is 0.792. The van der Waals surface area contributed by atoms with Gasteiger partial charge in [0.05, 0.1) is 19.1 Å². The fourth-order valence-electron chi connectivity index (χ4n) is 3.60. The second-order valence-corrected chi connectivity index (χ2v) is 7.08. The molecule has 0 spiro atoms. The molecule has 28 heavy (non-hydrogen) atoms. The normalized spacial score (nSPS) is 16.2. The third-order valence-electron chi connectivity index (χ3n) is 5.09. The fraction of sp³-hybridized carbons (Fsp3) is 0.400. The Kier molecular flexibility index (Phi) is 5.77. The SMILES string of the molecule is COC(=O)c1cccc(CC2CCN(C(=O)Cc3c(C)[nH]c(=O)[nH]c3=O)C2)c1. The monoisotopic (exact) mass is 385 g/mol. The summed E-state index contributed by atoms with van der Waals surface area (Å²) >= 11 is 0. The number of hydrogen-bond donors (Lipinski definition) is 2. The van der Waals surface area contributed by atoms with Gasteiger partial charge in [-0.05, 0) is 43.4 Å². The van der Waals surface area contributed by atoms with E-state index in [-0.39, 0.29) is 24.2 Å². The number of aryl methyl sites for hydroxylation is 1. The van der Waals surface area contributed by atoms with E-state index in [2.05, 4.69) is 9.97 Å². The molecule has 1 aromatic heterocycles. The number of aromatic nitrogens is 2. The minimum Gasteiger partial charge on any atom is -0.465 e. The maximum atomic E-state index is 12.6. The van der Waals surface area contributed by atoms with Crippen molar-refractivity contribution >= 4 is 11.9 Å². The molecule has 2 heterocycles. The number of nitrogens with zero attached hydrogens (tertiary/aromatic N) is 1. The van der Waals surface area contributed by atoms with Crippen LogP contribution in [0.5, 0.6) is 0 Å². The van der Waals surface area contributed by atoms with Crippen LogP contribution < -0.4 is 11.2 Å². The molecule has 1 amide bonds. The van der Waals surface area contributed by atoms with Crippen LogP contribution in [0, 0.1) is 12.8 Å². The van der Waals surface area contributed by atoms with Gasteiger partial charge >= 0.3 is 11.7 Å². The molecule has 3 rings (SSSR count). The van der Waals surface area contributed by atoms with Gasteiger partial charge in [-0.25, -0.2) is 9.59 Å². The van der Waals surface area contributed by atoms with E-state index >= 15 is 0 Å². The van der Waals surface area contributed by atoms with Gasteiger partial charge in [0.25, 0.3) is 5.56 Å². The summed E-state index contributed by atoms with van der Waals surface area (Å²) in [6, 6.07) is 7.31. The molecule has 2 aromatic rings. The van der Waals surface area contributed by atoms with Gasteiger partial charge in [-0.1, -0.05) is 12.1 Å². The number of methoxy groups -OCH3 is 1. The summed E-state index contributed by atoms with van der Waals surface area (Å²) in [5, 5.41) is 0. The van der Waals surface area contributed by atoms with Gasteiger partial charge in [-0.15, -0.1) is 0 Å². The summed E-state index contributed by atoms with van der Waals surface area (Å²) < 4.78 is 4.75. The number of aromatic amines is 2. The molecular formula is C20H23N3O5. The molecule has 1 aromatic carbocycles. The molecule has 1 fully saturated rings. The van der Waals surface area contributed by atoms with Crippen LogP contribution in [0.25, 0.3) is 0 Å². The van der Waals surface area contributed by atoms with Crippen molar-refractivity contribution in [2.75, 3.05) is 20.2 Å². The second-order valence-electron chi connectivity index (χ2n) is 7.08. The molecule has 0 saturated carbocycles. The number of hydrogen-bond acceptors (Lipinski definition) is 5. The van der Waals surface area contributed by atoms with Crippen LogP contribution in [-0.2, 0) is 22.4 Å². The minimum atomic E-state index is -0.575. The first kappa shape index (κ1) is 19.6. The molecule has 2 N–H and O–H groups in total. The minimum absolute atomic E-state index is 0.0392. The van der Waals surface area contributed by atoms with Crippen molar-refractivity contribution in [3.63, 3.8) is 0 Å². The Morgan fingerprint density at radius 1 is 1.25 bits per heavy atom. The number of likely N-dealkylation sites (tertiary alicyclic amines) is 1. The molecule has 0 bridgehead atoms. The second kappa shape index (κ2) is 8.24. The number of carbonyl (C=O) groups is 2. The lowest BCUT2D eigenvalue weighted by Crippen LogP contribution is -2.34. The number of ether oxygens (including phenoxy) is 1. The van der Waals surface area contributed by atoms with Crippen LogP contribution >= 0.6 is 0 Å². The Balaban J connectivity index is 1.63. The van der Waals surface area contributed by atoms with Crippen molar-refractivity contribution in [3.8, 4) is 0 Å². The summed E-state index contributed by atoms with van der Waals surface area (Å²) in [5.74, 6) is -0.218. The summed E-state index contributed by atoms with van der Waals surface area (Å²) in [6.45, 7) is 2.84. The van der Waals surface area contributed by atoms with E-state index in [1.54, 1.807) is 17.9 Å². The van der Waals surface area contributed by atoms with Crippen molar-refractivity contribution in [1.82, 2.24) is 14.9 Å². The molecular weight excluding hydrogens is 362 g/mol. The van der Waals surface area contributed by atoms with Crippen LogP contribution in [0.2, 0.25) is 0 Å². The van der Waals surface area contributed by atoms with Gasteiger partial charge in [0.1, 0.15) is 0 Å². The number of H-pyrrole nitrogens is 2. The molecule has 0 aliphatic carbocycles. The number of carbonyl (C=O) groups excluding carboxylic acids is 2. The van der Waals surface area contributed by atoms with Crippen molar-refractivity contribution < 1.29 is 14.3 Å². The van der Waals surface area contributed by atoms with Gasteiger partial charge in [0, 0.05) is 24.3 Å². The van der Waals surface area contributed by atoms with Crippen molar-refractivity contribution in [2.24, 2.45) is 5.92 Å². The third kappa shape index (κ3) is 4.39. The van der Waals surface area contributed by atoms with E-state index in [1.807, 2.05) is 18.2 Å². The summed E-state index contributed by atoms with van der Waals surface area (Å²) in [6.07, 6.45) is 1.57. The smallest absolute Gasteiger partial charge is 0.337 e. The highest BCUT2D eigenvalue weighted by Gasteiger charge is 2.27. The van der Waals surface area contributed by atoms with E-state index in [0.717, 1.165) is 18.4 Å². The molecule has 8 nitrogen and oxygen atoms in total. The zero-order chi connectivity index (χ0) is 20.3. The lowest BCUT2D eigenvalue weighted by Gasteiger charge is -2.17. The van der Waals surface area contributed by atoms with E-state index in [1.165, 1.54) is 7.11 Å². The van der Waals surface area contributed by atoms with Crippen LogP contribution in [0.1, 0.15) is 33.6 Å². The quantitative estimate of drug-likeness (QED) is 0.739. The molecule has 0 radical (unpaired) electrons. The maximum absolute atomic E-state index is 12.6. The lowest BCUT2D eigenvalue weighted by atomic mass is 9.97. The Labute approximate surface area is 161 Å². The summed E-state index contributed by atoms with van der Waals surface area (Å²) in [5.41, 5.74) is 1.14. The molecule has 1 aliphatic rings. The average Bonchev–Trinajstić information content (AvgIpc) is 3.12. The highest BCUT2D eigenvalue weighted by molar-refractivity contribution is 5.89. The molecule has 1 saturated heterocycles. The number of nitrogens with one attached hydrogen (secondary N) is 2. The van der Waals surface area contributed by atoms with Crippen molar-refractivity contribution in [1.29, 1.82) is 0 Å². The predicted molar refractivity (Wildman–Crippen MR) is 102 cm³/mol. The summed E-state index contributed by atoms with van der Waals surface area (Å²) in [4.78, 5) is 53.9. The average molecular weight is 385 g/mol. The first-order chi connectivity index (χ1) is 13.4. The largest absolute Gasteiger partial charge is 0.465 e. The lowest BCUT2D eigenvalue weighted by molar-refractivity contribution is -0.129. The number of amides is 1. The Hall–Kier alpha value is -3.16. The first-order valence-electron chi connectivity index (χ1n) is 9.14. The number of rotatable bonds is 5. The van der Waals surface area contributed by atoms with Crippen molar-refractivity contribution in [2.45, 2.75) is 26.2 Å². The highest BCUT2D eigenvalue weighted by atomic mass is 16.5. The maximum Gasteiger partial charge on any atom is 0.337 e. The van der Waals surface area contributed by atoms with Gasteiger partial charge in [-0.2, -0.15) is 0 Å². The van der Waals surface area contributed by atoms with Gasteiger partial charge in [-0.3, -0.25) is 14.6 Å². The third-order valence-corrected chi connectivity index (χ3v) is 5.09. The standard InChI is InChI=1S/C20H23N3O5/c1-12-16(18(25)22-20(27)21-12)10-17(24)23-7-6-14(11-23)8-13-4-3-5-15(9-13)19(26)28-2/h3-5,9,14H,6-8,10-11H2,1-2H3,(H2,21,22,25,27). The zero-order valence-corrected chi connectivity index (χ0v) is 15.9. The van der Waals surface area contributed by atoms with E-state index in [9.17, 15) is 19.2 Å². The molecule has 1 unspecified atom stereocenters. The highest BCUT2D eigenvalue weighted by Crippen LogP contribution is 2.22. The fourth-order valence-corrected chi connectivity index (χ4v) is 3.60. The van der Waals surface area contributed by atoms with Crippen LogP contribution in [0.4, 0.5) is 0 Å². The number of esters is 1. The topological polar surface area (TPSA) is 112 Å². The van der Waals surface area contributed by atoms with E-state index in [0.29, 0.717) is 29.9 Å². The van der Waals surface area contributed by atoms with E-state index < -0.39 is 11.2 Å². The molecule has 148 valence electrons. The Morgan fingerprint density at radius 3 is 2.75 bits per heavy atom. The van der Waals surface area contributed by atoms with Gasteiger partial charge < -0.3 is 14.6 Å². The van der Waals surface area contributed by atoms with Crippen LogP contribution in [0.3, 0.4) is 0 Å².